The van der Waals surface area contributed by atoms with Crippen LogP contribution in [0.4, 0.5) is 0 Å². The Bertz CT molecular complexity index is 647. The Morgan fingerprint density at radius 2 is 2.05 bits per heavy atom. The Morgan fingerprint density at radius 3 is 2.75 bits per heavy atom. The molecule has 20 heavy (non-hydrogen) atoms. The van der Waals surface area contributed by atoms with Gasteiger partial charge in [0, 0.05) is 21.6 Å². The Morgan fingerprint density at radius 1 is 1.30 bits per heavy atom. The molecule has 4 heteroatoms. The Hall–Kier alpha value is -1.83. The minimum absolute atomic E-state index is 0.107. The number of hydrogen-bond donors (Lipinski definition) is 1. The van der Waals surface area contributed by atoms with Crippen molar-refractivity contribution in [2.45, 2.75) is 19.6 Å². The van der Waals surface area contributed by atoms with Crippen molar-refractivity contribution in [3.8, 4) is 11.8 Å². The Balaban J connectivity index is 2.23. The Kier molecular flexibility index (Phi) is 4.78. The van der Waals surface area contributed by atoms with E-state index in [1.54, 1.807) is 6.07 Å². The van der Waals surface area contributed by atoms with Crippen LogP contribution in [0.15, 0.2) is 46.9 Å². The molecule has 0 saturated heterocycles. The molecule has 0 aliphatic heterocycles. The fourth-order valence-corrected chi connectivity index (χ4v) is 2.26. The number of rotatable bonds is 4. The fraction of sp³-hybridized carbons (Fsp3) is 0.188. The van der Waals surface area contributed by atoms with Gasteiger partial charge in [0.2, 0.25) is 0 Å². The van der Waals surface area contributed by atoms with Crippen LogP contribution < -0.4 is 10.5 Å². The zero-order chi connectivity index (χ0) is 14.5. The summed E-state index contributed by atoms with van der Waals surface area (Å²) in [4.78, 5) is 0. The summed E-state index contributed by atoms with van der Waals surface area (Å²) in [7, 11) is 0. The first-order valence-corrected chi connectivity index (χ1v) is 7.07. The molecule has 0 fully saturated rings. The molecule has 0 spiro atoms. The number of nitriles is 1. The van der Waals surface area contributed by atoms with Gasteiger partial charge < -0.3 is 10.5 Å². The molecule has 1 atom stereocenters. The van der Waals surface area contributed by atoms with Crippen molar-refractivity contribution in [2.75, 3.05) is 0 Å². The number of nitrogens with two attached hydrogens (primary N) is 1. The van der Waals surface area contributed by atoms with E-state index in [9.17, 15) is 0 Å². The summed E-state index contributed by atoms with van der Waals surface area (Å²) in [5.74, 6) is 0.738. The van der Waals surface area contributed by atoms with Crippen molar-refractivity contribution in [3.05, 3.63) is 63.6 Å². The van der Waals surface area contributed by atoms with Gasteiger partial charge in [-0.2, -0.15) is 5.26 Å². The monoisotopic (exact) mass is 330 g/mol. The maximum Gasteiger partial charge on any atom is 0.125 e. The summed E-state index contributed by atoms with van der Waals surface area (Å²) in [6.07, 6.45) is 0. The van der Waals surface area contributed by atoms with Crippen LogP contribution in [0.2, 0.25) is 0 Å². The quantitative estimate of drug-likeness (QED) is 0.924. The molecule has 0 bridgehead atoms. The highest BCUT2D eigenvalue weighted by Crippen LogP contribution is 2.28. The zero-order valence-corrected chi connectivity index (χ0v) is 12.7. The van der Waals surface area contributed by atoms with Gasteiger partial charge in [-0.15, -0.1) is 0 Å². The van der Waals surface area contributed by atoms with E-state index >= 15 is 0 Å². The third-order valence-corrected chi connectivity index (χ3v) is 3.48. The maximum absolute atomic E-state index is 9.07. The van der Waals surface area contributed by atoms with E-state index in [2.05, 4.69) is 22.0 Å². The van der Waals surface area contributed by atoms with Gasteiger partial charge in [-0.25, -0.2) is 0 Å². The van der Waals surface area contributed by atoms with Crippen LogP contribution in [0.1, 0.15) is 29.7 Å². The van der Waals surface area contributed by atoms with Gasteiger partial charge in [0.15, 0.2) is 0 Å². The first kappa shape index (κ1) is 14.6. The first-order valence-electron chi connectivity index (χ1n) is 6.27. The third kappa shape index (κ3) is 3.38. The van der Waals surface area contributed by atoms with Crippen molar-refractivity contribution in [2.24, 2.45) is 5.73 Å². The molecule has 2 N–H and O–H groups in total. The van der Waals surface area contributed by atoms with Crippen molar-refractivity contribution in [1.29, 1.82) is 5.26 Å². The van der Waals surface area contributed by atoms with E-state index < -0.39 is 0 Å². The maximum atomic E-state index is 9.07. The minimum Gasteiger partial charge on any atom is -0.488 e. The highest BCUT2D eigenvalue weighted by atomic mass is 79.9. The highest BCUT2D eigenvalue weighted by molar-refractivity contribution is 9.10. The van der Waals surface area contributed by atoms with Crippen molar-refractivity contribution in [1.82, 2.24) is 0 Å². The smallest absolute Gasteiger partial charge is 0.125 e. The number of ether oxygens (including phenoxy) is 1. The van der Waals surface area contributed by atoms with Crippen LogP contribution in [0, 0.1) is 11.3 Å². The minimum atomic E-state index is -0.107. The van der Waals surface area contributed by atoms with Crippen LogP contribution in [0.3, 0.4) is 0 Å². The molecule has 0 aliphatic carbocycles. The summed E-state index contributed by atoms with van der Waals surface area (Å²) in [5, 5.41) is 9.07. The number of halogens is 1. The Labute approximate surface area is 127 Å². The van der Waals surface area contributed by atoms with Crippen LogP contribution in [-0.4, -0.2) is 0 Å². The van der Waals surface area contributed by atoms with Gasteiger partial charge in [0.05, 0.1) is 11.6 Å². The van der Waals surface area contributed by atoms with E-state index in [-0.39, 0.29) is 6.04 Å². The molecule has 0 aliphatic rings. The first-order chi connectivity index (χ1) is 9.61. The third-order valence-electron chi connectivity index (χ3n) is 2.99. The highest BCUT2D eigenvalue weighted by Gasteiger charge is 2.10. The molecule has 2 aromatic carbocycles. The summed E-state index contributed by atoms with van der Waals surface area (Å²) in [6.45, 7) is 2.26. The molecule has 0 aromatic heterocycles. The largest absolute Gasteiger partial charge is 0.488 e. The van der Waals surface area contributed by atoms with E-state index in [1.807, 2.05) is 43.3 Å². The van der Waals surface area contributed by atoms with E-state index in [0.29, 0.717) is 12.2 Å². The van der Waals surface area contributed by atoms with Crippen molar-refractivity contribution < 1.29 is 4.74 Å². The molecule has 2 rings (SSSR count). The van der Waals surface area contributed by atoms with Crippen molar-refractivity contribution >= 4 is 15.9 Å². The van der Waals surface area contributed by atoms with Crippen LogP contribution in [0.25, 0.3) is 0 Å². The number of benzene rings is 2. The van der Waals surface area contributed by atoms with E-state index in [0.717, 1.165) is 21.3 Å². The second-order valence-electron chi connectivity index (χ2n) is 4.53. The topological polar surface area (TPSA) is 59.0 Å². The standard InChI is InChI=1S/C16H15BrN2O/c1-11(19)15-7-6-14(17)8-16(15)20-10-13-5-3-2-4-12(13)9-18/h2-8,11H,10,19H2,1H3/t11-/m0/s1. The lowest BCUT2D eigenvalue weighted by atomic mass is 10.1. The lowest BCUT2D eigenvalue weighted by Gasteiger charge is -2.15. The lowest BCUT2D eigenvalue weighted by molar-refractivity contribution is 0.301. The van der Waals surface area contributed by atoms with Gasteiger partial charge in [-0.1, -0.05) is 40.2 Å². The second-order valence-corrected chi connectivity index (χ2v) is 5.44. The zero-order valence-electron chi connectivity index (χ0n) is 11.1. The van der Waals surface area contributed by atoms with Gasteiger partial charge in [-0.3, -0.25) is 0 Å². The summed E-state index contributed by atoms with van der Waals surface area (Å²) in [5.41, 5.74) is 8.38. The van der Waals surface area contributed by atoms with Crippen LogP contribution in [0.5, 0.6) is 5.75 Å². The molecular weight excluding hydrogens is 316 g/mol. The molecule has 0 heterocycles. The summed E-state index contributed by atoms with van der Waals surface area (Å²) < 4.78 is 6.78. The van der Waals surface area contributed by atoms with E-state index in [4.69, 9.17) is 15.7 Å². The molecule has 0 saturated carbocycles. The molecule has 2 aromatic rings. The number of nitrogens with zero attached hydrogens (tertiary/aromatic N) is 1. The normalized spacial score (nSPS) is 11.7. The lowest BCUT2D eigenvalue weighted by Crippen LogP contribution is -2.08. The number of hydrogen-bond acceptors (Lipinski definition) is 3. The second kappa shape index (κ2) is 6.56. The summed E-state index contributed by atoms with van der Waals surface area (Å²) in [6, 6.07) is 15.3. The summed E-state index contributed by atoms with van der Waals surface area (Å²) >= 11 is 3.43. The predicted octanol–water partition coefficient (Wildman–Crippen LogP) is 3.92. The van der Waals surface area contributed by atoms with Gasteiger partial charge >= 0.3 is 0 Å². The molecule has 0 unspecified atom stereocenters. The average Bonchev–Trinajstić information content (AvgIpc) is 2.45. The van der Waals surface area contributed by atoms with Crippen LogP contribution >= 0.6 is 15.9 Å². The molecule has 0 radical (unpaired) electrons. The average molecular weight is 331 g/mol. The van der Waals surface area contributed by atoms with Gasteiger partial charge in [0.1, 0.15) is 12.4 Å². The molecular formula is C16H15BrN2O. The SMILES string of the molecule is C[C@H](N)c1ccc(Br)cc1OCc1ccccc1C#N. The van der Waals surface area contributed by atoms with Gasteiger partial charge in [0.25, 0.3) is 0 Å². The van der Waals surface area contributed by atoms with Gasteiger partial charge in [-0.05, 0) is 25.1 Å². The van der Waals surface area contributed by atoms with E-state index in [1.165, 1.54) is 0 Å². The molecule has 102 valence electrons. The molecule has 0 amide bonds. The molecule has 3 nitrogen and oxygen atoms in total. The predicted molar refractivity (Wildman–Crippen MR) is 82.2 cm³/mol. The van der Waals surface area contributed by atoms with Crippen molar-refractivity contribution in [3.63, 3.8) is 0 Å². The fourth-order valence-electron chi connectivity index (χ4n) is 1.92. The van der Waals surface area contributed by atoms with Crippen LogP contribution in [-0.2, 0) is 6.61 Å².